The number of hydrogen-bond acceptors (Lipinski definition) is 5. The van der Waals surface area contributed by atoms with Crippen molar-refractivity contribution in [3.05, 3.63) is 66.4 Å². The van der Waals surface area contributed by atoms with Crippen LogP contribution in [0.1, 0.15) is 30.6 Å². The van der Waals surface area contributed by atoms with Crippen LogP contribution in [0, 0.1) is 0 Å². The fraction of sp³-hybridized carbons (Fsp3) is 0.238. The summed E-state index contributed by atoms with van der Waals surface area (Å²) >= 11 is 0. The normalized spacial score (nSPS) is 20.3. The molecule has 0 radical (unpaired) electrons. The van der Waals surface area contributed by atoms with E-state index in [9.17, 15) is 13.2 Å². The van der Waals surface area contributed by atoms with Crippen LogP contribution in [0.15, 0.2) is 70.3 Å². The maximum Gasteiger partial charge on any atom is 0.283 e. The molecule has 1 aromatic heterocycles. The van der Waals surface area contributed by atoms with Gasteiger partial charge in [0, 0.05) is 11.9 Å². The van der Waals surface area contributed by atoms with E-state index in [-0.39, 0.29) is 12.3 Å². The molecule has 1 fully saturated rings. The lowest BCUT2D eigenvalue weighted by atomic mass is 10.1. The molecule has 1 aliphatic heterocycles. The summed E-state index contributed by atoms with van der Waals surface area (Å²) in [6.45, 7) is 2.12. The van der Waals surface area contributed by atoms with E-state index in [0.717, 1.165) is 16.1 Å². The van der Waals surface area contributed by atoms with Gasteiger partial charge in [-0.2, -0.15) is 0 Å². The highest BCUT2D eigenvalue weighted by Crippen LogP contribution is 2.36. The second-order valence-electron chi connectivity index (χ2n) is 6.71. The number of nitrogens with zero attached hydrogens (tertiary/aromatic N) is 2. The molecule has 1 aliphatic rings. The first kappa shape index (κ1) is 18.4. The molecular formula is C21H20N2O4S. The molecule has 144 valence electrons. The van der Waals surface area contributed by atoms with E-state index in [1.807, 2.05) is 13.0 Å². The van der Waals surface area contributed by atoms with Crippen molar-refractivity contribution in [2.24, 2.45) is 4.99 Å². The van der Waals surface area contributed by atoms with Gasteiger partial charge in [-0.3, -0.25) is 4.79 Å². The number of fused-ring (bicyclic) bond motifs is 1. The molecule has 0 spiro atoms. The summed E-state index contributed by atoms with van der Waals surface area (Å²) in [7, 11) is -3.87. The van der Waals surface area contributed by atoms with E-state index >= 15 is 0 Å². The molecule has 1 atom stereocenters. The molecular weight excluding hydrogens is 376 g/mol. The van der Waals surface area contributed by atoms with Gasteiger partial charge < -0.3 is 4.42 Å². The number of rotatable bonds is 5. The van der Waals surface area contributed by atoms with E-state index in [1.165, 1.54) is 0 Å². The Hall–Kier alpha value is -2.93. The van der Waals surface area contributed by atoms with Gasteiger partial charge in [-0.1, -0.05) is 43.7 Å². The van der Waals surface area contributed by atoms with E-state index in [1.54, 1.807) is 54.8 Å². The highest BCUT2D eigenvalue weighted by Gasteiger charge is 2.50. The van der Waals surface area contributed by atoms with Gasteiger partial charge in [0.15, 0.2) is 5.25 Å². The van der Waals surface area contributed by atoms with Crippen molar-refractivity contribution in [3.8, 4) is 0 Å². The van der Waals surface area contributed by atoms with Gasteiger partial charge in [-0.15, -0.1) is 0 Å². The van der Waals surface area contributed by atoms with Crippen LogP contribution in [-0.4, -0.2) is 30.9 Å². The predicted molar refractivity (Wildman–Crippen MR) is 108 cm³/mol. The standard InChI is InChI=1S/C21H20N2O4S/c1-2-3-12-23-21(24)19(20(28(23,25)26)15-7-5-4-6-8-15)22-17-9-10-18-16(14-17)11-13-27-18/h4-11,13-14,20H,2-3,12H2,1H3. The molecule has 0 aliphatic carbocycles. The van der Waals surface area contributed by atoms with E-state index in [2.05, 4.69) is 4.99 Å². The van der Waals surface area contributed by atoms with Crippen LogP contribution in [0.4, 0.5) is 5.69 Å². The molecule has 1 saturated heterocycles. The number of amides is 1. The zero-order valence-corrected chi connectivity index (χ0v) is 16.2. The number of sulfonamides is 1. The minimum atomic E-state index is -3.87. The molecule has 0 saturated carbocycles. The Kier molecular flexibility index (Phi) is 4.77. The largest absolute Gasteiger partial charge is 0.464 e. The van der Waals surface area contributed by atoms with Gasteiger partial charge in [0.1, 0.15) is 11.3 Å². The summed E-state index contributed by atoms with van der Waals surface area (Å²) in [6, 6.07) is 15.8. The Morgan fingerprint density at radius 1 is 1.11 bits per heavy atom. The molecule has 28 heavy (non-hydrogen) atoms. The van der Waals surface area contributed by atoms with Crippen molar-refractivity contribution in [1.29, 1.82) is 0 Å². The molecule has 7 heteroatoms. The van der Waals surface area contributed by atoms with E-state index < -0.39 is 21.2 Å². The molecule has 0 bridgehead atoms. The van der Waals surface area contributed by atoms with Crippen molar-refractivity contribution < 1.29 is 17.6 Å². The van der Waals surface area contributed by atoms with Crippen molar-refractivity contribution in [2.45, 2.75) is 25.0 Å². The molecule has 0 N–H and O–H groups in total. The smallest absolute Gasteiger partial charge is 0.283 e. The molecule has 3 aromatic rings. The van der Waals surface area contributed by atoms with Crippen LogP contribution in [0.5, 0.6) is 0 Å². The van der Waals surface area contributed by atoms with Crippen LogP contribution in [-0.2, 0) is 14.8 Å². The monoisotopic (exact) mass is 396 g/mol. The van der Waals surface area contributed by atoms with Gasteiger partial charge in [0.25, 0.3) is 15.9 Å². The van der Waals surface area contributed by atoms with Gasteiger partial charge >= 0.3 is 0 Å². The first-order valence-corrected chi connectivity index (χ1v) is 10.7. The Bertz CT molecular complexity index is 1150. The fourth-order valence-electron chi connectivity index (χ4n) is 3.38. The average molecular weight is 396 g/mol. The number of aliphatic imine (C=N–C) groups is 1. The minimum Gasteiger partial charge on any atom is -0.464 e. The van der Waals surface area contributed by atoms with Crippen LogP contribution in [0.3, 0.4) is 0 Å². The van der Waals surface area contributed by atoms with Crippen molar-refractivity contribution in [1.82, 2.24) is 4.31 Å². The number of hydrogen-bond donors (Lipinski definition) is 0. The number of benzene rings is 2. The van der Waals surface area contributed by atoms with Gasteiger partial charge in [-0.25, -0.2) is 17.7 Å². The quantitative estimate of drug-likeness (QED) is 0.647. The lowest BCUT2D eigenvalue weighted by Crippen LogP contribution is -2.31. The predicted octanol–water partition coefficient (Wildman–Crippen LogP) is 4.22. The van der Waals surface area contributed by atoms with E-state index in [4.69, 9.17) is 4.42 Å². The summed E-state index contributed by atoms with van der Waals surface area (Å²) < 4.78 is 32.7. The Morgan fingerprint density at radius 2 is 1.89 bits per heavy atom. The van der Waals surface area contributed by atoms with Crippen LogP contribution in [0.2, 0.25) is 0 Å². The van der Waals surface area contributed by atoms with Crippen molar-refractivity contribution in [3.63, 3.8) is 0 Å². The van der Waals surface area contributed by atoms with Gasteiger partial charge in [0.05, 0.1) is 12.0 Å². The van der Waals surface area contributed by atoms with Crippen molar-refractivity contribution in [2.75, 3.05) is 6.54 Å². The summed E-state index contributed by atoms with van der Waals surface area (Å²) in [6.07, 6.45) is 2.98. The molecule has 2 heterocycles. The second-order valence-corrected chi connectivity index (χ2v) is 8.65. The SMILES string of the molecule is CCCCN1C(=O)C(=Nc2ccc3occc3c2)C(c2ccccc2)S1(=O)=O. The lowest BCUT2D eigenvalue weighted by Gasteiger charge is -2.15. The summed E-state index contributed by atoms with van der Waals surface area (Å²) in [5.41, 5.74) is 1.80. The average Bonchev–Trinajstić information content (AvgIpc) is 3.22. The van der Waals surface area contributed by atoms with Gasteiger partial charge in [-0.05, 0) is 36.2 Å². The number of furan rings is 1. The minimum absolute atomic E-state index is 0.0325. The Morgan fingerprint density at radius 3 is 2.64 bits per heavy atom. The first-order valence-electron chi connectivity index (χ1n) is 9.19. The molecule has 4 rings (SSSR count). The zero-order chi connectivity index (χ0) is 19.7. The third-order valence-corrected chi connectivity index (χ3v) is 6.86. The maximum atomic E-state index is 13.2. The highest BCUT2D eigenvalue weighted by molar-refractivity contribution is 7.91. The number of unbranched alkanes of at least 4 members (excludes halogenated alkanes) is 1. The molecule has 2 aromatic carbocycles. The maximum absolute atomic E-state index is 13.2. The molecule has 1 unspecified atom stereocenters. The molecule has 1 amide bonds. The summed E-state index contributed by atoms with van der Waals surface area (Å²) in [5.74, 6) is -0.547. The first-order chi connectivity index (χ1) is 13.5. The van der Waals surface area contributed by atoms with E-state index in [0.29, 0.717) is 23.3 Å². The Balaban J connectivity index is 1.85. The van der Waals surface area contributed by atoms with Crippen LogP contribution >= 0.6 is 0 Å². The fourth-order valence-corrected chi connectivity index (χ4v) is 5.28. The third kappa shape index (κ3) is 3.11. The number of carbonyl (C=O) groups excluding carboxylic acids is 1. The van der Waals surface area contributed by atoms with Gasteiger partial charge in [0.2, 0.25) is 0 Å². The van der Waals surface area contributed by atoms with Crippen LogP contribution in [0.25, 0.3) is 11.0 Å². The topological polar surface area (TPSA) is 80.0 Å². The van der Waals surface area contributed by atoms with Crippen LogP contribution < -0.4 is 0 Å². The summed E-state index contributed by atoms with van der Waals surface area (Å²) in [4.78, 5) is 17.5. The third-order valence-electron chi connectivity index (χ3n) is 4.80. The molecule has 6 nitrogen and oxygen atoms in total. The van der Waals surface area contributed by atoms with Crippen molar-refractivity contribution >= 4 is 38.3 Å². The Labute approximate surface area is 163 Å². The number of carbonyl (C=O) groups is 1. The highest BCUT2D eigenvalue weighted by atomic mass is 32.2. The zero-order valence-electron chi connectivity index (χ0n) is 15.4. The summed E-state index contributed by atoms with van der Waals surface area (Å²) in [5, 5.41) is -0.257. The second kappa shape index (κ2) is 7.24. The lowest BCUT2D eigenvalue weighted by molar-refractivity contribution is -0.119.